The number of carbonyl (C=O) groups excluding carboxylic acids is 1. The van der Waals surface area contributed by atoms with E-state index < -0.39 is 21.3 Å². The topological polar surface area (TPSA) is 38.3 Å². The predicted molar refractivity (Wildman–Crippen MR) is 157 cm³/mol. The molecular weight excluding hydrogens is 556 g/mol. The number of hydrogen-bond acceptors (Lipinski definition) is 2. The van der Waals surface area contributed by atoms with Crippen LogP contribution in [0.25, 0.3) is 6.08 Å². The zero-order valence-electron chi connectivity index (χ0n) is 20.9. The van der Waals surface area contributed by atoms with E-state index in [1.807, 2.05) is 91.0 Å². The highest BCUT2D eigenvalue weighted by Crippen LogP contribution is 2.40. The summed E-state index contributed by atoms with van der Waals surface area (Å²) in [7, 11) is 0. The molecule has 4 aromatic rings. The largest absolute Gasteiger partial charge is 0.361 e. The summed E-state index contributed by atoms with van der Waals surface area (Å²) in [6, 6.07) is 35.5. The molecule has 7 heteroatoms. The molecule has 1 amide bonds. The number of halogens is 4. The van der Waals surface area contributed by atoms with E-state index in [0.717, 1.165) is 22.3 Å². The van der Waals surface area contributed by atoms with Crippen molar-refractivity contribution in [1.82, 2.24) is 5.32 Å². The number of rotatable bonds is 10. The van der Waals surface area contributed by atoms with Gasteiger partial charge in [0.05, 0.1) is 6.61 Å². The van der Waals surface area contributed by atoms with Gasteiger partial charge in [-0.3, -0.25) is 4.79 Å². The van der Waals surface area contributed by atoms with Crippen molar-refractivity contribution in [3.05, 3.63) is 149 Å². The maximum atomic E-state index is 13.3. The third kappa shape index (κ3) is 7.49. The van der Waals surface area contributed by atoms with Gasteiger partial charge in [0.15, 0.2) is 0 Å². The zero-order chi connectivity index (χ0) is 27.7. The molecule has 0 aliphatic carbocycles. The van der Waals surface area contributed by atoms with E-state index in [1.165, 1.54) is 12.1 Å². The van der Waals surface area contributed by atoms with Crippen LogP contribution in [0.3, 0.4) is 0 Å². The molecular formula is C32H27Cl3FNO2. The lowest BCUT2D eigenvalue weighted by molar-refractivity contribution is -0.120. The Kier molecular flexibility index (Phi) is 9.82. The fraction of sp³-hybridized carbons (Fsp3) is 0.156. The molecule has 0 aliphatic rings. The first-order valence-corrected chi connectivity index (χ1v) is 13.5. The SMILES string of the molecule is O=C(N[C@H](/C=C/c1ccc(F)cc1)CCOC(c1ccccc1)(c1ccccc1)c1ccccc1)C(Cl)(Cl)Cl. The highest BCUT2D eigenvalue weighted by atomic mass is 35.6. The van der Waals surface area contributed by atoms with Crippen molar-refractivity contribution in [1.29, 1.82) is 0 Å². The fourth-order valence-corrected chi connectivity index (χ4v) is 4.54. The molecule has 0 fully saturated rings. The molecule has 1 atom stereocenters. The molecule has 3 nitrogen and oxygen atoms in total. The molecule has 0 bridgehead atoms. The van der Waals surface area contributed by atoms with Crippen molar-refractivity contribution < 1.29 is 13.9 Å². The van der Waals surface area contributed by atoms with Crippen LogP contribution in [0, 0.1) is 5.82 Å². The summed E-state index contributed by atoms with van der Waals surface area (Å²) in [5.74, 6) is -1.08. The monoisotopic (exact) mass is 581 g/mol. The lowest BCUT2D eigenvalue weighted by Gasteiger charge is -2.36. The van der Waals surface area contributed by atoms with Gasteiger partial charge in [0.25, 0.3) is 9.70 Å². The maximum absolute atomic E-state index is 13.3. The summed E-state index contributed by atoms with van der Waals surface area (Å²) in [4.78, 5) is 12.5. The first-order valence-electron chi connectivity index (χ1n) is 12.4. The molecule has 0 aromatic heterocycles. The van der Waals surface area contributed by atoms with Gasteiger partial charge in [0.2, 0.25) is 0 Å². The third-order valence-corrected chi connectivity index (χ3v) is 6.77. The first kappa shape index (κ1) is 28.8. The second-order valence-corrected chi connectivity index (χ2v) is 11.2. The smallest absolute Gasteiger partial charge is 0.272 e. The van der Waals surface area contributed by atoms with Gasteiger partial charge >= 0.3 is 0 Å². The molecule has 4 rings (SSSR count). The number of carbonyl (C=O) groups is 1. The average Bonchev–Trinajstić information content (AvgIpc) is 2.95. The van der Waals surface area contributed by atoms with E-state index in [2.05, 4.69) is 5.32 Å². The Balaban J connectivity index is 1.66. The Labute approximate surface area is 243 Å². The van der Waals surface area contributed by atoms with Crippen LogP contribution in [0.5, 0.6) is 0 Å². The van der Waals surface area contributed by atoms with Crippen LogP contribution in [0.4, 0.5) is 4.39 Å². The molecule has 1 N–H and O–H groups in total. The fourth-order valence-electron chi connectivity index (χ4n) is 4.38. The minimum absolute atomic E-state index is 0.247. The van der Waals surface area contributed by atoms with E-state index in [-0.39, 0.29) is 12.4 Å². The Morgan fingerprint density at radius 3 is 1.67 bits per heavy atom. The standard InChI is InChI=1S/C32H27Cl3FNO2/c33-32(34,35)30(38)37-29(21-18-24-16-19-28(36)20-17-24)22-23-39-31(25-10-4-1-5-11-25,26-12-6-2-7-13-26)27-14-8-3-9-15-27/h1-21,29H,22-23H2,(H,37,38)/b21-18+/t29-/m1/s1. The van der Waals surface area contributed by atoms with Crippen molar-refractivity contribution in [2.24, 2.45) is 0 Å². The van der Waals surface area contributed by atoms with Crippen LogP contribution in [0.15, 0.2) is 121 Å². The van der Waals surface area contributed by atoms with Gasteiger partial charge < -0.3 is 10.1 Å². The summed E-state index contributed by atoms with van der Waals surface area (Å²) in [6.45, 7) is 0.247. The zero-order valence-corrected chi connectivity index (χ0v) is 23.2. The number of ether oxygens (including phenoxy) is 1. The second kappa shape index (κ2) is 13.3. The van der Waals surface area contributed by atoms with E-state index in [1.54, 1.807) is 24.3 Å². The number of amides is 1. The van der Waals surface area contributed by atoms with Crippen molar-refractivity contribution in [3.63, 3.8) is 0 Å². The molecule has 0 spiro atoms. The molecule has 4 aromatic carbocycles. The van der Waals surface area contributed by atoms with Gasteiger partial charge in [0, 0.05) is 6.04 Å². The highest BCUT2D eigenvalue weighted by Gasteiger charge is 2.38. The molecule has 0 heterocycles. The first-order chi connectivity index (χ1) is 18.8. The normalized spacial score (nSPS) is 12.8. The molecule has 200 valence electrons. The van der Waals surface area contributed by atoms with E-state index in [0.29, 0.717) is 6.42 Å². The quantitative estimate of drug-likeness (QED) is 0.152. The van der Waals surface area contributed by atoms with Crippen molar-refractivity contribution >= 4 is 46.8 Å². The summed E-state index contributed by atoms with van der Waals surface area (Å²) in [5.41, 5.74) is 2.75. The van der Waals surface area contributed by atoms with Gasteiger partial charge in [-0.25, -0.2) is 4.39 Å². The Hall–Kier alpha value is -3.15. The van der Waals surface area contributed by atoms with Crippen LogP contribution in [0.1, 0.15) is 28.7 Å². The van der Waals surface area contributed by atoms with Gasteiger partial charge in [-0.05, 0) is 40.8 Å². The molecule has 0 radical (unpaired) electrons. The van der Waals surface area contributed by atoms with Gasteiger partial charge in [-0.2, -0.15) is 0 Å². The van der Waals surface area contributed by atoms with Crippen LogP contribution in [0.2, 0.25) is 0 Å². The number of nitrogens with one attached hydrogen (secondary N) is 1. The molecule has 0 saturated carbocycles. The van der Waals surface area contributed by atoms with Gasteiger partial charge in [0.1, 0.15) is 11.4 Å². The maximum Gasteiger partial charge on any atom is 0.272 e. The van der Waals surface area contributed by atoms with Crippen LogP contribution in [-0.2, 0) is 15.1 Å². The highest BCUT2D eigenvalue weighted by molar-refractivity contribution is 6.76. The van der Waals surface area contributed by atoms with Gasteiger partial charge in [-0.1, -0.05) is 150 Å². The van der Waals surface area contributed by atoms with Crippen molar-refractivity contribution in [2.45, 2.75) is 21.9 Å². The van der Waals surface area contributed by atoms with Crippen LogP contribution < -0.4 is 5.32 Å². The predicted octanol–water partition coefficient (Wildman–Crippen LogP) is 8.09. The summed E-state index contributed by atoms with van der Waals surface area (Å²) in [6.07, 6.45) is 3.93. The molecule has 39 heavy (non-hydrogen) atoms. The minimum atomic E-state index is -2.12. The van der Waals surface area contributed by atoms with Crippen molar-refractivity contribution in [2.75, 3.05) is 6.61 Å². The minimum Gasteiger partial charge on any atom is -0.361 e. The van der Waals surface area contributed by atoms with Gasteiger partial charge in [-0.15, -0.1) is 0 Å². The van der Waals surface area contributed by atoms with Crippen LogP contribution >= 0.6 is 34.8 Å². The second-order valence-electron chi connectivity index (χ2n) is 8.90. The summed E-state index contributed by atoms with van der Waals surface area (Å²) < 4.78 is 18.0. The summed E-state index contributed by atoms with van der Waals surface area (Å²) in [5, 5.41) is 2.77. The van der Waals surface area contributed by atoms with E-state index >= 15 is 0 Å². The molecule has 0 unspecified atom stereocenters. The number of hydrogen-bond donors (Lipinski definition) is 1. The lowest BCUT2D eigenvalue weighted by atomic mass is 9.80. The van der Waals surface area contributed by atoms with E-state index in [9.17, 15) is 9.18 Å². The Bertz CT molecular complexity index is 1260. The number of benzene rings is 4. The molecule has 0 aliphatic heterocycles. The third-order valence-electron chi connectivity index (χ3n) is 6.25. The van der Waals surface area contributed by atoms with Crippen molar-refractivity contribution in [3.8, 4) is 0 Å². The lowest BCUT2D eigenvalue weighted by Crippen LogP contribution is -2.42. The Morgan fingerprint density at radius 1 is 0.769 bits per heavy atom. The average molecular weight is 583 g/mol. The van der Waals surface area contributed by atoms with Crippen LogP contribution in [-0.4, -0.2) is 22.3 Å². The van der Waals surface area contributed by atoms with E-state index in [4.69, 9.17) is 39.5 Å². The molecule has 0 saturated heterocycles. The number of alkyl halides is 3. The Morgan fingerprint density at radius 2 is 1.23 bits per heavy atom. The summed E-state index contributed by atoms with van der Waals surface area (Å²) >= 11 is 17.5.